The fourth-order valence-electron chi connectivity index (χ4n) is 3.42. The van der Waals surface area contributed by atoms with Crippen molar-refractivity contribution in [2.24, 2.45) is 11.1 Å². The van der Waals surface area contributed by atoms with Crippen molar-refractivity contribution < 1.29 is 13.9 Å². The summed E-state index contributed by atoms with van der Waals surface area (Å²) in [6.07, 6.45) is 3.42. The van der Waals surface area contributed by atoms with E-state index in [0.29, 0.717) is 18.9 Å². The van der Waals surface area contributed by atoms with Crippen LogP contribution in [0.25, 0.3) is 0 Å². The molecule has 1 amide bonds. The fraction of sp³-hybridized carbons (Fsp3) is 0.650. The Morgan fingerprint density at radius 2 is 1.88 bits per heavy atom. The Labute approximate surface area is 156 Å². The van der Waals surface area contributed by atoms with Gasteiger partial charge in [-0.3, -0.25) is 9.69 Å². The van der Waals surface area contributed by atoms with E-state index in [1.807, 2.05) is 13.8 Å². The number of amides is 1. The maximum atomic E-state index is 12.9. The lowest BCUT2D eigenvalue weighted by Crippen LogP contribution is -2.52. The van der Waals surface area contributed by atoms with E-state index in [0.717, 1.165) is 45.3 Å². The van der Waals surface area contributed by atoms with Gasteiger partial charge in [0, 0.05) is 32.2 Å². The average Bonchev–Trinajstić information content (AvgIpc) is 2.67. The normalized spacial score (nSPS) is 16.5. The molecule has 3 N–H and O–H groups in total. The van der Waals surface area contributed by atoms with Crippen LogP contribution >= 0.6 is 0 Å². The zero-order valence-electron chi connectivity index (χ0n) is 16.0. The van der Waals surface area contributed by atoms with Crippen LogP contribution in [0.3, 0.4) is 0 Å². The summed E-state index contributed by atoms with van der Waals surface area (Å²) >= 11 is 0. The van der Waals surface area contributed by atoms with Gasteiger partial charge in [-0.25, -0.2) is 4.39 Å². The molecular formula is C20H32FN3O2. The molecule has 26 heavy (non-hydrogen) atoms. The maximum Gasteiger partial charge on any atom is 0.227 e. The van der Waals surface area contributed by atoms with E-state index >= 15 is 0 Å². The number of halogens is 1. The summed E-state index contributed by atoms with van der Waals surface area (Å²) in [7, 11) is 0. The first kappa shape index (κ1) is 20.6. The van der Waals surface area contributed by atoms with Crippen molar-refractivity contribution in [2.75, 3.05) is 32.8 Å². The second kappa shape index (κ2) is 9.88. The fourth-order valence-corrected chi connectivity index (χ4v) is 3.42. The van der Waals surface area contributed by atoms with Gasteiger partial charge in [0.1, 0.15) is 18.2 Å². The molecule has 6 heteroatoms. The summed E-state index contributed by atoms with van der Waals surface area (Å²) < 4.78 is 18.5. The molecule has 0 saturated carbocycles. The highest BCUT2D eigenvalue weighted by molar-refractivity contribution is 5.83. The highest BCUT2D eigenvalue weighted by Gasteiger charge is 2.35. The molecule has 0 bridgehead atoms. The Morgan fingerprint density at radius 1 is 1.27 bits per heavy atom. The summed E-state index contributed by atoms with van der Waals surface area (Å²) in [6.45, 7) is 7.72. The van der Waals surface area contributed by atoms with Gasteiger partial charge in [-0.1, -0.05) is 13.8 Å². The van der Waals surface area contributed by atoms with E-state index in [1.54, 1.807) is 12.1 Å². The van der Waals surface area contributed by atoms with Crippen LogP contribution in [0.15, 0.2) is 24.3 Å². The zero-order chi connectivity index (χ0) is 19.0. The molecule has 1 aromatic rings. The Bertz CT molecular complexity index is 544. The first-order valence-corrected chi connectivity index (χ1v) is 9.64. The smallest absolute Gasteiger partial charge is 0.227 e. The molecule has 1 aromatic carbocycles. The van der Waals surface area contributed by atoms with Crippen LogP contribution in [0.1, 0.15) is 39.5 Å². The molecule has 0 aliphatic carbocycles. The molecule has 1 heterocycles. The molecular weight excluding hydrogens is 333 g/mol. The summed E-state index contributed by atoms with van der Waals surface area (Å²) in [5.74, 6) is 0.528. The Balaban J connectivity index is 1.70. The van der Waals surface area contributed by atoms with Gasteiger partial charge in [0.25, 0.3) is 0 Å². The summed E-state index contributed by atoms with van der Waals surface area (Å²) in [4.78, 5) is 14.9. The van der Waals surface area contributed by atoms with Crippen molar-refractivity contribution >= 4 is 5.91 Å². The topological polar surface area (TPSA) is 67.6 Å². The van der Waals surface area contributed by atoms with E-state index in [-0.39, 0.29) is 17.8 Å². The number of hydrogen-bond donors (Lipinski definition) is 2. The highest BCUT2D eigenvalue weighted by Crippen LogP contribution is 2.26. The average molecular weight is 365 g/mol. The van der Waals surface area contributed by atoms with Crippen LogP contribution in [0, 0.1) is 11.2 Å². The number of nitrogens with two attached hydrogens (primary N) is 1. The first-order valence-electron chi connectivity index (χ1n) is 9.64. The third-order valence-corrected chi connectivity index (χ3v) is 5.64. The Kier molecular flexibility index (Phi) is 7.85. The lowest BCUT2D eigenvalue weighted by molar-refractivity contribution is -0.132. The van der Waals surface area contributed by atoms with Crippen molar-refractivity contribution in [3.8, 4) is 5.75 Å². The highest BCUT2D eigenvalue weighted by atomic mass is 19.1. The van der Waals surface area contributed by atoms with Crippen molar-refractivity contribution in [1.82, 2.24) is 10.2 Å². The van der Waals surface area contributed by atoms with Gasteiger partial charge in [0.15, 0.2) is 0 Å². The molecule has 1 aliphatic rings. The number of hydrogen-bond acceptors (Lipinski definition) is 4. The minimum Gasteiger partial charge on any atom is -0.492 e. The van der Waals surface area contributed by atoms with E-state index in [2.05, 4.69) is 10.2 Å². The number of piperidine rings is 1. The van der Waals surface area contributed by atoms with Crippen molar-refractivity contribution in [1.29, 1.82) is 0 Å². The molecule has 5 nitrogen and oxygen atoms in total. The summed E-state index contributed by atoms with van der Waals surface area (Å²) in [5.41, 5.74) is 5.43. The summed E-state index contributed by atoms with van der Waals surface area (Å²) in [6, 6.07) is 6.31. The lowest BCUT2D eigenvalue weighted by Gasteiger charge is -2.35. The molecule has 0 unspecified atom stereocenters. The third-order valence-electron chi connectivity index (χ3n) is 5.64. The number of carbonyl (C=O) groups is 1. The predicted molar refractivity (Wildman–Crippen MR) is 102 cm³/mol. The Morgan fingerprint density at radius 3 is 2.42 bits per heavy atom. The quantitative estimate of drug-likeness (QED) is 0.706. The van der Waals surface area contributed by atoms with Gasteiger partial charge in [-0.15, -0.1) is 0 Å². The molecule has 146 valence electrons. The monoisotopic (exact) mass is 365 g/mol. The van der Waals surface area contributed by atoms with Crippen LogP contribution in [-0.2, 0) is 4.79 Å². The predicted octanol–water partition coefficient (Wildman–Crippen LogP) is 2.55. The number of benzene rings is 1. The van der Waals surface area contributed by atoms with Gasteiger partial charge in [0.2, 0.25) is 5.91 Å². The molecule has 0 radical (unpaired) electrons. The van der Waals surface area contributed by atoms with Gasteiger partial charge >= 0.3 is 0 Å². The van der Waals surface area contributed by atoms with E-state index in [9.17, 15) is 9.18 Å². The minimum atomic E-state index is -0.430. The third kappa shape index (κ3) is 5.42. The molecule has 1 fully saturated rings. The molecule has 2 rings (SSSR count). The van der Waals surface area contributed by atoms with E-state index in [4.69, 9.17) is 10.5 Å². The van der Waals surface area contributed by atoms with Crippen LogP contribution in [-0.4, -0.2) is 49.6 Å². The molecule has 0 atom stereocenters. The minimum absolute atomic E-state index is 0.100. The number of nitrogens with one attached hydrogen (secondary N) is 1. The zero-order valence-corrected chi connectivity index (χ0v) is 16.0. The van der Waals surface area contributed by atoms with Crippen LogP contribution in [0.2, 0.25) is 0 Å². The number of nitrogens with zero attached hydrogens (tertiary/aromatic N) is 1. The molecule has 1 saturated heterocycles. The maximum absolute atomic E-state index is 12.9. The number of likely N-dealkylation sites (tertiary alicyclic amines) is 1. The van der Waals surface area contributed by atoms with Crippen molar-refractivity contribution in [2.45, 2.75) is 45.6 Å². The van der Waals surface area contributed by atoms with Crippen LogP contribution < -0.4 is 15.8 Å². The van der Waals surface area contributed by atoms with Gasteiger partial charge < -0.3 is 15.8 Å². The molecule has 0 spiro atoms. The Hall–Kier alpha value is -1.66. The number of rotatable bonds is 9. The van der Waals surface area contributed by atoms with Gasteiger partial charge in [-0.05, 0) is 49.9 Å². The standard InChI is InChI=1S/C20H32FN3O2/c1-3-20(4-2,15-22)19(25)23-17-9-11-24(12-10-17)13-14-26-18-7-5-16(21)6-8-18/h5-8,17H,3-4,9-15,22H2,1-2H3,(H,23,25). The number of carbonyl (C=O) groups excluding carboxylic acids is 1. The molecule has 1 aliphatic heterocycles. The second-order valence-corrected chi connectivity index (χ2v) is 7.08. The van der Waals surface area contributed by atoms with Crippen molar-refractivity contribution in [3.63, 3.8) is 0 Å². The largest absolute Gasteiger partial charge is 0.492 e. The van der Waals surface area contributed by atoms with E-state index < -0.39 is 5.41 Å². The summed E-state index contributed by atoms with van der Waals surface area (Å²) in [5, 5.41) is 3.21. The molecule has 0 aromatic heterocycles. The van der Waals surface area contributed by atoms with Crippen LogP contribution in [0.4, 0.5) is 4.39 Å². The SMILES string of the molecule is CCC(CC)(CN)C(=O)NC1CCN(CCOc2ccc(F)cc2)CC1. The lowest BCUT2D eigenvalue weighted by atomic mass is 9.81. The van der Waals surface area contributed by atoms with Gasteiger partial charge in [-0.2, -0.15) is 0 Å². The van der Waals surface area contributed by atoms with Crippen LogP contribution in [0.5, 0.6) is 5.75 Å². The van der Waals surface area contributed by atoms with Gasteiger partial charge in [0.05, 0.1) is 5.41 Å². The van der Waals surface area contributed by atoms with E-state index in [1.165, 1.54) is 12.1 Å². The second-order valence-electron chi connectivity index (χ2n) is 7.08. The number of ether oxygens (including phenoxy) is 1. The first-order chi connectivity index (χ1) is 12.5. The van der Waals surface area contributed by atoms with Crippen molar-refractivity contribution in [3.05, 3.63) is 30.1 Å².